The summed E-state index contributed by atoms with van der Waals surface area (Å²) in [6, 6.07) is 5.47. The van der Waals surface area contributed by atoms with Crippen molar-refractivity contribution in [2.24, 2.45) is 0 Å². The molecular weight excluding hydrogens is 266 g/mol. The SMILES string of the molecule is Cc1cc(Cl)ccc1OC[C@@H](O)CN1CCOCC1. The smallest absolute Gasteiger partial charge is 0.122 e. The lowest BCUT2D eigenvalue weighted by molar-refractivity contribution is 0.00460. The van der Waals surface area contributed by atoms with Crippen molar-refractivity contribution < 1.29 is 14.6 Å². The molecule has 0 amide bonds. The maximum Gasteiger partial charge on any atom is 0.122 e. The first-order valence-corrected chi connectivity index (χ1v) is 6.90. The topological polar surface area (TPSA) is 41.9 Å². The first kappa shape index (κ1) is 14.6. The molecule has 1 heterocycles. The number of morpholine rings is 1. The zero-order valence-electron chi connectivity index (χ0n) is 11.1. The molecule has 1 aliphatic heterocycles. The van der Waals surface area contributed by atoms with E-state index in [2.05, 4.69) is 4.90 Å². The summed E-state index contributed by atoms with van der Waals surface area (Å²) >= 11 is 5.89. The van der Waals surface area contributed by atoms with E-state index in [0.29, 0.717) is 18.2 Å². The van der Waals surface area contributed by atoms with Gasteiger partial charge in [0.25, 0.3) is 0 Å². The van der Waals surface area contributed by atoms with E-state index in [1.165, 1.54) is 0 Å². The van der Waals surface area contributed by atoms with Gasteiger partial charge >= 0.3 is 0 Å². The van der Waals surface area contributed by atoms with Crippen molar-refractivity contribution in [3.8, 4) is 5.75 Å². The van der Waals surface area contributed by atoms with Crippen molar-refractivity contribution in [3.63, 3.8) is 0 Å². The molecule has 19 heavy (non-hydrogen) atoms. The second-order valence-electron chi connectivity index (χ2n) is 4.79. The third-order valence-corrected chi connectivity index (χ3v) is 3.38. The lowest BCUT2D eigenvalue weighted by Gasteiger charge is -2.28. The van der Waals surface area contributed by atoms with Crippen LogP contribution in [-0.2, 0) is 4.74 Å². The Morgan fingerprint density at radius 2 is 2.16 bits per heavy atom. The summed E-state index contributed by atoms with van der Waals surface area (Å²) in [4.78, 5) is 2.19. The molecule has 0 bridgehead atoms. The van der Waals surface area contributed by atoms with Gasteiger partial charge in [-0.2, -0.15) is 0 Å². The molecule has 106 valence electrons. The minimum Gasteiger partial charge on any atom is -0.491 e. The van der Waals surface area contributed by atoms with E-state index in [1.807, 2.05) is 19.1 Å². The van der Waals surface area contributed by atoms with Crippen molar-refractivity contribution >= 4 is 11.6 Å². The summed E-state index contributed by atoms with van der Waals surface area (Å²) in [5, 5.41) is 10.7. The monoisotopic (exact) mass is 285 g/mol. The summed E-state index contributed by atoms with van der Waals surface area (Å²) in [5.41, 5.74) is 0.978. The molecule has 0 unspecified atom stereocenters. The van der Waals surface area contributed by atoms with Crippen LogP contribution >= 0.6 is 11.6 Å². The van der Waals surface area contributed by atoms with Crippen LogP contribution < -0.4 is 4.74 Å². The van der Waals surface area contributed by atoms with Crippen LogP contribution in [0, 0.1) is 6.92 Å². The molecule has 2 rings (SSSR count). The zero-order valence-corrected chi connectivity index (χ0v) is 11.9. The molecule has 1 aliphatic rings. The van der Waals surface area contributed by atoms with Gasteiger partial charge in [0.15, 0.2) is 0 Å². The number of aliphatic hydroxyl groups excluding tert-OH is 1. The van der Waals surface area contributed by atoms with E-state index in [1.54, 1.807) is 6.07 Å². The number of hydrogen-bond donors (Lipinski definition) is 1. The number of aryl methyl sites for hydroxylation is 1. The maximum atomic E-state index is 9.97. The van der Waals surface area contributed by atoms with Crippen molar-refractivity contribution in [2.45, 2.75) is 13.0 Å². The average Bonchev–Trinajstić information content (AvgIpc) is 2.39. The van der Waals surface area contributed by atoms with Gasteiger partial charge in [-0.05, 0) is 30.7 Å². The van der Waals surface area contributed by atoms with Crippen LogP contribution in [0.1, 0.15) is 5.56 Å². The first-order valence-electron chi connectivity index (χ1n) is 6.52. The Morgan fingerprint density at radius 3 is 2.84 bits per heavy atom. The van der Waals surface area contributed by atoms with Crippen LogP contribution in [0.25, 0.3) is 0 Å². The highest BCUT2D eigenvalue weighted by Gasteiger charge is 2.15. The number of benzene rings is 1. The lowest BCUT2D eigenvalue weighted by atomic mass is 10.2. The summed E-state index contributed by atoms with van der Waals surface area (Å²) in [7, 11) is 0. The highest BCUT2D eigenvalue weighted by molar-refractivity contribution is 6.30. The molecule has 0 aromatic heterocycles. The molecule has 5 heteroatoms. The third-order valence-electron chi connectivity index (χ3n) is 3.14. The summed E-state index contributed by atoms with van der Waals surface area (Å²) in [6.07, 6.45) is -0.492. The van der Waals surface area contributed by atoms with E-state index in [4.69, 9.17) is 21.1 Å². The van der Waals surface area contributed by atoms with E-state index < -0.39 is 6.10 Å². The first-order chi connectivity index (χ1) is 9.15. The van der Waals surface area contributed by atoms with E-state index >= 15 is 0 Å². The predicted molar refractivity (Wildman–Crippen MR) is 74.9 cm³/mol. The second-order valence-corrected chi connectivity index (χ2v) is 5.22. The summed E-state index contributed by atoms with van der Waals surface area (Å²) in [6.45, 7) is 6.08. The number of β-amino-alcohol motifs (C(OH)–C–C–N with tert-alkyl or cyclic N) is 1. The number of rotatable bonds is 5. The number of ether oxygens (including phenoxy) is 2. The molecule has 0 radical (unpaired) electrons. The van der Waals surface area contributed by atoms with Crippen LogP contribution in [0.3, 0.4) is 0 Å². The minimum absolute atomic E-state index is 0.291. The molecule has 0 saturated carbocycles. The van der Waals surface area contributed by atoms with Crippen molar-refractivity contribution in [1.82, 2.24) is 4.90 Å². The molecule has 0 aliphatic carbocycles. The minimum atomic E-state index is -0.492. The lowest BCUT2D eigenvalue weighted by Crippen LogP contribution is -2.42. The molecular formula is C14H20ClNO3. The number of hydrogen-bond acceptors (Lipinski definition) is 4. The van der Waals surface area contributed by atoms with Crippen LogP contribution in [0.4, 0.5) is 0 Å². The third kappa shape index (κ3) is 4.66. The average molecular weight is 286 g/mol. The van der Waals surface area contributed by atoms with Gasteiger partial charge in [0, 0.05) is 24.7 Å². The van der Waals surface area contributed by atoms with Crippen LogP contribution in [0.15, 0.2) is 18.2 Å². The van der Waals surface area contributed by atoms with Gasteiger partial charge in [-0.3, -0.25) is 4.90 Å². The van der Waals surface area contributed by atoms with E-state index in [9.17, 15) is 5.11 Å². The van der Waals surface area contributed by atoms with Gasteiger partial charge in [0.05, 0.1) is 13.2 Å². The number of nitrogens with zero attached hydrogens (tertiary/aromatic N) is 1. The van der Waals surface area contributed by atoms with Crippen molar-refractivity contribution in [2.75, 3.05) is 39.5 Å². The predicted octanol–water partition coefficient (Wildman–Crippen LogP) is 1.72. The number of aliphatic hydroxyl groups is 1. The molecule has 1 atom stereocenters. The van der Waals surface area contributed by atoms with Gasteiger partial charge in [-0.1, -0.05) is 11.6 Å². The van der Waals surface area contributed by atoms with Gasteiger partial charge < -0.3 is 14.6 Å². The van der Waals surface area contributed by atoms with E-state index in [0.717, 1.165) is 37.6 Å². The van der Waals surface area contributed by atoms with Gasteiger partial charge in [-0.15, -0.1) is 0 Å². The van der Waals surface area contributed by atoms with Crippen molar-refractivity contribution in [1.29, 1.82) is 0 Å². The quantitative estimate of drug-likeness (QED) is 0.894. The van der Waals surface area contributed by atoms with Crippen molar-refractivity contribution in [3.05, 3.63) is 28.8 Å². The fourth-order valence-electron chi connectivity index (χ4n) is 2.10. The van der Waals surface area contributed by atoms with Crippen LogP contribution in [-0.4, -0.2) is 55.6 Å². The largest absolute Gasteiger partial charge is 0.491 e. The Morgan fingerprint density at radius 1 is 1.42 bits per heavy atom. The fraction of sp³-hybridized carbons (Fsp3) is 0.571. The molecule has 4 nitrogen and oxygen atoms in total. The summed E-state index contributed by atoms with van der Waals surface area (Å²) in [5.74, 6) is 0.769. The molecule has 1 saturated heterocycles. The Bertz CT molecular complexity index is 408. The molecule has 0 spiro atoms. The molecule has 1 N–H and O–H groups in total. The Hall–Kier alpha value is -0.810. The molecule has 1 aromatic carbocycles. The summed E-state index contributed by atoms with van der Waals surface area (Å²) < 4.78 is 10.9. The Balaban J connectivity index is 1.77. The standard InChI is InChI=1S/C14H20ClNO3/c1-11-8-12(15)2-3-14(11)19-10-13(17)9-16-4-6-18-7-5-16/h2-3,8,13,17H,4-7,9-10H2,1H3/t13-/m0/s1. The van der Waals surface area contributed by atoms with Crippen LogP contribution in [0.5, 0.6) is 5.75 Å². The van der Waals surface area contributed by atoms with Gasteiger partial charge in [-0.25, -0.2) is 0 Å². The number of halogens is 1. The maximum absolute atomic E-state index is 9.97. The Kier molecular flexibility index (Phi) is 5.45. The van der Waals surface area contributed by atoms with Gasteiger partial charge in [0.2, 0.25) is 0 Å². The second kappa shape index (κ2) is 7.10. The zero-order chi connectivity index (χ0) is 13.7. The fourth-order valence-corrected chi connectivity index (χ4v) is 2.32. The highest BCUT2D eigenvalue weighted by atomic mass is 35.5. The normalized spacial score (nSPS) is 18.3. The van der Waals surface area contributed by atoms with E-state index in [-0.39, 0.29) is 0 Å². The highest BCUT2D eigenvalue weighted by Crippen LogP contribution is 2.21. The van der Waals surface area contributed by atoms with Crippen LogP contribution in [0.2, 0.25) is 5.02 Å². The Labute approximate surface area is 118 Å². The van der Waals surface area contributed by atoms with Gasteiger partial charge in [0.1, 0.15) is 18.5 Å². The molecule has 1 aromatic rings. The molecule has 1 fully saturated rings.